The third-order valence-corrected chi connectivity index (χ3v) is 14.7. The number of carbonyl (C=O) groups excluding carboxylic acids is 1. The number of carbonyl (C=O) groups is 1. The van der Waals surface area contributed by atoms with E-state index in [0.29, 0.717) is 31.8 Å². The van der Waals surface area contributed by atoms with Gasteiger partial charge in [-0.1, -0.05) is 53.4 Å². The molecule has 1 saturated heterocycles. The summed E-state index contributed by atoms with van der Waals surface area (Å²) in [6, 6.07) is 0. The molecule has 1 heterocycles. The molecule has 0 spiro atoms. The average molecular weight is 680 g/mol. The zero-order valence-electron chi connectivity index (χ0n) is 30.2. The molecule has 0 amide bonds. The van der Waals surface area contributed by atoms with E-state index < -0.39 is 76.2 Å². The molecule has 0 aromatic rings. The number of fused-ring (bicyclic) bond motifs is 5. The van der Waals surface area contributed by atoms with Gasteiger partial charge in [-0.3, -0.25) is 9.79 Å². The number of ether oxygens (including phenoxy) is 1. The lowest BCUT2D eigenvalue weighted by atomic mass is 9.39. The van der Waals surface area contributed by atoms with Crippen LogP contribution in [0.25, 0.3) is 0 Å². The molecule has 0 bridgehead atoms. The highest BCUT2D eigenvalue weighted by atomic mass is 16.5. The fraction of sp³-hybridized carbons (Fsp3) is 0.947. The molecule has 0 unspecified atom stereocenters. The fourth-order valence-corrected chi connectivity index (χ4v) is 11.9. The van der Waals surface area contributed by atoms with E-state index >= 15 is 0 Å². The Morgan fingerprint density at radius 3 is 2.44 bits per heavy atom. The molecular weight excluding hydrogens is 614 g/mol. The predicted octanol–water partition coefficient (Wildman–Crippen LogP) is 3.04. The number of unbranched alkanes of at least 4 members (excludes halogenated alkanes) is 3. The SMILES string of the molecule is CCCCCC[C@@H]1CO[C@@H]([C@@H](O)[C@](C)(O)[C@H]2CC[C@@]3(O)[C@H]4C(=NC[C@H](C)O)C(=O)[C@@H]5C[C@@H](O)[C@@H](O)[C@@H](CCO)[C@]5(C)[C@H]4CC[C@]23C)[C@H]1C. The monoisotopic (exact) mass is 679 g/mol. The van der Waals surface area contributed by atoms with Crippen molar-refractivity contribution in [3.8, 4) is 0 Å². The number of Topliss-reactive ketones (excluding diaryl/α,β-unsaturated/α-hetero) is 1. The molecule has 48 heavy (non-hydrogen) atoms. The molecule has 10 heteroatoms. The van der Waals surface area contributed by atoms with Gasteiger partial charge in [0.15, 0.2) is 5.78 Å². The number of rotatable bonds is 12. The molecule has 5 aliphatic rings. The molecule has 5 fully saturated rings. The Kier molecular flexibility index (Phi) is 11.3. The smallest absolute Gasteiger partial charge is 0.180 e. The van der Waals surface area contributed by atoms with E-state index in [-0.39, 0.29) is 55.7 Å². The van der Waals surface area contributed by atoms with Crippen LogP contribution in [-0.2, 0) is 9.53 Å². The lowest BCUT2D eigenvalue weighted by molar-refractivity contribution is -0.231. The van der Waals surface area contributed by atoms with Gasteiger partial charge in [-0.25, -0.2) is 0 Å². The van der Waals surface area contributed by atoms with Gasteiger partial charge in [0.1, 0.15) is 6.10 Å². The van der Waals surface area contributed by atoms with Gasteiger partial charge in [0.25, 0.3) is 0 Å². The minimum Gasteiger partial charge on any atom is -0.396 e. The third-order valence-electron chi connectivity index (χ3n) is 14.7. The first-order valence-corrected chi connectivity index (χ1v) is 19.0. The van der Waals surface area contributed by atoms with Crippen LogP contribution in [0.15, 0.2) is 4.99 Å². The van der Waals surface area contributed by atoms with E-state index in [1.165, 1.54) is 19.3 Å². The number of aliphatic hydroxyl groups excluding tert-OH is 5. The van der Waals surface area contributed by atoms with Crippen molar-refractivity contribution in [1.29, 1.82) is 0 Å². The topological polar surface area (TPSA) is 180 Å². The summed E-state index contributed by atoms with van der Waals surface area (Å²) in [6.45, 7) is 11.9. The number of hydrogen-bond donors (Lipinski definition) is 7. The Balaban J connectivity index is 1.49. The van der Waals surface area contributed by atoms with Gasteiger partial charge in [-0.2, -0.15) is 0 Å². The summed E-state index contributed by atoms with van der Waals surface area (Å²) < 4.78 is 6.21. The maximum Gasteiger partial charge on any atom is 0.180 e. The van der Waals surface area contributed by atoms with Gasteiger partial charge in [0, 0.05) is 23.9 Å². The molecule has 5 rings (SSSR count). The summed E-state index contributed by atoms with van der Waals surface area (Å²) in [5, 5.41) is 79.7. The first kappa shape index (κ1) is 38.3. The molecule has 10 nitrogen and oxygen atoms in total. The normalized spacial score (nSPS) is 47.7. The van der Waals surface area contributed by atoms with Crippen LogP contribution >= 0.6 is 0 Å². The third kappa shape index (κ3) is 5.96. The zero-order valence-corrected chi connectivity index (χ0v) is 30.2. The summed E-state index contributed by atoms with van der Waals surface area (Å²) in [5.74, 6) is -2.67. The number of nitrogens with zero attached hydrogens (tertiary/aromatic N) is 1. The van der Waals surface area contributed by atoms with Gasteiger partial charge < -0.3 is 40.5 Å². The molecular formula is C38H65NO9. The molecule has 4 aliphatic carbocycles. The summed E-state index contributed by atoms with van der Waals surface area (Å²) in [5.41, 5.74) is -4.56. The van der Waals surface area contributed by atoms with Crippen molar-refractivity contribution in [1.82, 2.24) is 0 Å². The van der Waals surface area contributed by atoms with E-state index in [1.54, 1.807) is 13.8 Å². The Morgan fingerprint density at radius 1 is 1.08 bits per heavy atom. The molecule has 0 aromatic heterocycles. The Bertz CT molecular complexity index is 1180. The van der Waals surface area contributed by atoms with Crippen molar-refractivity contribution in [3.63, 3.8) is 0 Å². The second-order valence-corrected chi connectivity index (χ2v) is 17.3. The van der Waals surface area contributed by atoms with Crippen LogP contribution in [-0.4, -0.2) is 109 Å². The number of hydrogen-bond acceptors (Lipinski definition) is 10. The summed E-state index contributed by atoms with van der Waals surface area (Å²) in [6.07, 6.45) is 3.03. The lowest BCUT2D eigenvalue weighted by Crippen LogP contribution is -2.72. The van der Waals surface area contributed by atoms with Gasteiger partial charge >= 0.3 is 0 Å². The maximum absolute atomic E-state index is 14.5. The summed E-state index contributed by atoms with van der Waals surface area (Å²) in [4.78, 5) is 19.2. The van der Waals surface area contributed by atoms with Crippen LogP contribution in [0.1, 0.15) is 112 Å². The predicted molar refractivity (Wildman–Crippen MR) is 182 cm³/mol. The highest BCUT2D eigenvalue weighted by Gasteiger charge is 2.74. The van der Waals surface area contributed by atoms with E-state index in [0.717, 1.165) is 12.8 Å². The Labute approximate surface area is 287 Å². The quantitative estimate of drug-likeness (QED) is 0.153. The Morgan fingerprint density at radius 2 is 1.79 bits per heavy atom. The second kappa shape index (κ2) is 14.2. The lowest BCUT2D eigenvalue weighted by Gasteiger charge is -2.66. The van der Waals surface area contributed by atoms with E-state index in [1.807, 2.05) is 13.8 Å². The maximum atomic E-state index is 14.5. The van der Waals surface area contributed by atoms with Crippen LogP contribution in [0.5, 0.6) is 0 Å². The second-order valence-electron chi connectivity index (χ2n) is 17.3. The molecule has 16 atom stereocenters. The first-order chi connectivity index (χ1) is 22.5. The molecule has 0 aromatic carbocycles. The molecule has 1 aliphatic heterocycles. The van der Waals surface area contributed by atoms with Crippen LogP contribution < -0.4 is 0 Å². The van der Waals surface area contributed by atoms with Gasteiger partial charge in [-0.15, -0.1) is 0 Å². The van der Waals surface area contributed by atoms with Crippen LogP contribution in [0.2, 0.25) is 0 Å². The highest BCUT2D eigenvalue weighted by molar-refractivity contribution is 6.42. The largest absolute Gasteiger partial charge is 0.396 e. The van der Waals surface area contributed by atoms with Crippen molar-refractivity contribution in [2.75, 3.05) is 19.8 Å². The molecule has 0 radical (unpaired) electrons. The molecule has 4 saturated carbocycles. The van der Waals surface area contributed by atoms with E-state index in [4.69, 9.17) is 9.73 Å². The van der Waals surface area contributed by atoms with Crippen LogP contribution in [0.4, 0.5) is 0 Å². The number of aliphatic hydroxyl groups is 7. The minimum atomic E-state index is -1.59. The van der Waals surface area contributed by atoms with Crippen molar-refractivity contribution in [2.45, 2.75) is 154 Å². The van der Waals surface area contributed by atoms with Crippen molar-refractivity contribution < 1.29 is 45.3 Å². The first-order valence-electron chi connectivity index (χ1n) is 19.0. The summed E-state index contributed by atoms with van der Waals surface area (Å²) >= 11 is 0. The summed E-state index contributed by atoms with van der Waals surface area (Å²) in [7, 11) is 0. The van der Waals surface area contributed by atoms with Gasteiger partial charge in [-0.05, 0) is 93.8 Å². The number of aliphatic imine (C=N–C) groups is 1. The average Bonchev–Trinajstić information content (AvgIpc) is 3.54. The highest BCUT2D eigenvalue weighted by Crippen LogP contribution is 2.70. The molecule has 276 valence electrons. The minimum absolute atomic E-state index is 0.0118. The van der Waals surface area contributed by atoms with Crippen LogP contribution in [0.3, 0.4) is 0 Å². The standard InChI is InChI=1S/C38H65NO9/c1-7-8-9-10-11-23-20-48-33(22(23)3)34(45)37(6,46)28-13-16-38(47)29-24(12-15-35(28,38)4)36(5)25(14-17-40)31(43)27(42)18-26(36)32(44)30(29)39-19-21(2)41/h21-29,31,33-34,40-43,45-47H,7-20H2,1-6H3/t21-,22-,23+,24-,25+,26-,27+,28-,29+,31-,33+,34+,35+,36-,37+,38+/m0/s1. The van der Waals surface area contributed by atoms with Crippen molar-refractivity contribution in [3.05, 3.63) is 0 Å². The van der Waals surface area contributed by atoms with Gasteiger partial charge in [0.2, 0.25) is 0 Å². The van der Waals surface area contributed by atoms with E-state index in [9.17, 15) is 40.5 Å². The fourth-order valence-electron chi connectivity index (χ4n) is 11.9. The zero-order chi connectivity index (χ0) is 35.4. The Hall–Kier alpha value is -0.980. The number of ketones is 1. The molecule has 7 N–H and O–H groups in total. The van der Waals surface area contributed by atoms with Gasteiger partial charge in [0.05, 0.1) is 54.5 Å². The van der Waals surface area contributed by atoms with E-state index in [2.05, 4.69) is 13.8 Å². The van der Waals surface area contributed by atoms with Crippen molar-refractivity contribution in [2.24, 2.45) is 57.2 Å². The van der Waals surface area contributed by atoms with Crippen molar-refractivity contribution >= 4 is 11.5 Å². The van der Waals surface area contributed by atoms with Crippen LogP contribution in [0, 0.1) is 52.3 Å².